The highest BCUT2D eigenvalue weighted by Crippen LogP contribution is 2.32. The summed E-state index contributed by atoms with van der Waals surface area (Å²) < 4.78 is 0. The number of nitrogens with one attached hydrogen (secondary N) is 2. The lowest BCUT2D eigenvalue weighted by molar-refractivity contribution is -0.384. The smallest absolute Gasteiger partial charge is 0.275 e. The van der Waals surface area contributed by atoms with Crippen LogP contribution in [0.1, 0.15) is 21.1 Å². The molecule has 0 spiro atoms. The summed E-state index contributed by atoms with van der Waals surface area (Å²) in [5.74, 6) is 2.04. The van der Waals surface area contributed by atoms with E-state index in [4.69, 9.17) is 0 Å². The van der Waals surface area contributed by atoms with Gasteiger partial charge in [-0.2, -0.15) is 11.8 Å². The van der Waals surface area contributed by atoms with Crippen LogP contribution in [0.4, 0.5) is 10.8 Å². The van der Waals surface area contributed by atoms with Gasteiger partial charge in [-0.25, -0.2) is 9.97 Å². The van der Waals surface area contributed by atoms with Crippen molar-refractivity contribution in [2.24, 2.45) is 0 Å². The molecule has 2 aromatic heterocycles. The Morgan fingerprint density at radius 2 is 2.27 bits per heavy atom. The van der Waals surface area contributed by atoms with Crippen LogP contribution in [0.5, 0.6) is 0 Å². The Balaban J connectivity index is 1.52. The molecular weight excluding hydrogens is 374 g/mol. The molecule has 0 radical (unpaired) electrons. The number of nitro groups is 1. The van der Waals surface area contributed by atoms with Crippen molar-refractivity contribution in [3.63, 3.8) is 0 Å². The number of thioether (sulfide) groups is 1. The van der Waals surface area contributed by atoms with Gasteiger partial charge in [0.2, 0.25) is 0 Å². The number of aromatic amines is 1. The molecule has 1 aromatic carbocycles. The van der Waals surface area contributed by atoms with Crippen LogP contribution in [0.2, 0.25) is 0 Å². The highest BCUT2D eigenvalue weighted by atomic mass is 32.2. The molecule has 2 N–H and O–H groups in total. The monoisotopic (exact) mass is 387 g/mol. The lowest BCUT2D eigenvalue weighted by atomic mass is 10.2. The van der Waals surface area contributed by atoms with E-state index in [9.17, 15) is 14.9 Å². The highest BCUT2D eigenvalue weighted by molar-refractivity contribution is 7.98. The van der Waals surface area contributed by atoms with E-state index in [0.717, 1.165) is 23.6 Å². The summed E-state index contributed by atoms with van der Waals surface area (Å²) in [7, 11) is 0. The second kappa shape index (κ2) is 6.89. The fourth-order valence-corrected chi connectivity index (χ4v) is 4.71. The lowest BCUT2D eigenvalue weighted by Gasteiger charge is -2.06. The first-order chi connectivity index (χ1) is 12.6. The minimum atomic E-state index is -0.470. The Labute approximate surface area is 156 Å². The Morgan fingerprint density at radius 3 is 3.08 bits per heavy atom. The van der Waals surface area contributed by atoms with Gasteiger partial charge < -0.3 is 4.98 Å². The van der Waals surface area contributed by atoms with Gasteiger partial charge in [-0.15, -0.1) is 11.3 Å². The molecule has 0 fully saturated rings. The van der Waals surface area contributed by atoms with Crippen LogP contribution in [0.3, 0.4) is 0 Å². The number of aryl methyl sites for hydroxylation is 1. The molecule has 0 aliphatic carbocycles. The number of rotatable bonds is 4. The van der Waals surface area contributed by atoms with Crippen LogP contribution in [0.15, 0.2) is 30.5 Å². The van der Waals surface area contributed by atoms with Crippen LogP contribution < -0.4 is 5.32 Å². The number of non-ortho nitro benzene ring substituents is 1. The number of anilines is 1. The normalized spacial score (nSPS) is 13.2. The van der Waals surface area contributed by atoms with Crippen molar-refractivity contribution in [2.45, 2.75) is 12.2 Å². The predicted octanol–water partition coefficient (Wildman–Crippen LogP) is 3.48. The molecule has 3 heterocycles. The third-order valence-electron chi connectivity index (χ3n) is 3.87. The molecule has 0 atom stereocenters. The quantitative estimate of drug-likeness (QED) is 0.523. The van der Waals surface area contributed by atoms with E-state index in [2.05, 4.69) is 20.3 Å². The predicted molar refractivity (Wildman–Crippen MR) is 101 cm³/mol. The number of carbonyl (C=O) groups is 1. The van der Waals surface area contributed by atoms with Crippen molar-refractivity contribution in [3.8, 4) is 11.4 Å². The summed E-state index contributed by atoms with van der Waals surface area (Å²) in [6, 6.07) is 6.09. The highest BCUT2D eigenvalue weighted by Gasteiger charge is 2.18. The number of thiazole rings is 1. The molecule has 0 saturated carbocycles. The van der Waals surface area contributed by atoms with Crippen molar-refractivity contribution in [1.82, 2.24) is 15.0 Å². The first kappa shape index (κ1) is 16.7. The molecule has 1 amide bonds. The van der Waals surface area contributed by atoms with Crippen molar-refractivity contribution >= 4 is 39.8 Å². The summed E-state index contributed by atoms with van der Waals surface area (Å²) in [4.78, 5) is 35.6. The second-order valence-corrected chi connectivity index (χ2v) is 7.79. The van der Waals surface area contributed by atoms with Crippen LogP contribution in [0, 0.1) is 10.1 Å². The number of amides is 1. The summed E-state index contributed by atoms with van der Waals surface area (Å²) in [6.07, 6.45) is 2.33. The van der Waals surface area contributed by atoms with Gasteiger partial charge in [0.05, 0.1) is 16.8 Å². The Morgan fingerprint density at radius 1 is 1.38 bits per heavy atom. The van der Waals surface area contributed by atoms with Crippen molar-refractivity contribution in [3.05, 3.63) is 56.8 Å². The van der Waals surface area contributed by atoms with Gasteiger partial charge in [0, 0.05) is 28.3 Å². The average molecular weight is 387 g/mol. The number of aromatic nitrogens is 3. The molecule has 4 rings (SSSR count). The molecular formula is C16H13N5O3S2. The standard InChI is InChI=1S/C16H13N5O3S2/c22-15(20-16-19-11-4-5-25-8-13(11)26-16)12-7-17-14(18-12)9-2-1-3-10(6-9)21(23)24/h1-3,6-7H,4-5,8H2,(H,17,18)(H,19,20,22). The fourth-order valence-electron chi connectivity index (χ4n) is 2.59. The molecule has 132 valence electrons. The number of hydrogen-bond acceptors (Lipinski definition) is 7. The largest absolute Gasteiger partial charge is 0.334 e. The maximum Gasteiger partial charge on any atom is 0.275 e. The minimum absolute atomic E-state index is 0.0314. The summed E-state index contributed by atoms with van der Waals surface area (Å²) >= 11 is 3.36. The maximum atomic E-state index is 12.4. The zero-order valence-electron chi connectivity index (χ0n) is 13.4. The molecule has 8 nitrogen and oxygen atoms in total. The van der Waals surface area contributed by atoms with Crippen LogP contribution in [-0.2, 0) is 12.2 Å². The van der Waals surface area contributed by atoms with Crippen LogP contribution in [0.25, 0.3) is 11.4 Å². The van der Waals surface area contributed by atoms with E-state index in [1.807, 2.05) is 11.8 Å². The lowest BCUT2D eigenvalue weighted by Crippen LogP contribution is -2.12. The molecule has 10 heteroatoms. The third kappa shape index (κ3) is 3.33. The zero-order valence-corrected chi connectivity index (χ0v) is 15.0. The number of fused-ring (bicyclic) bond motifs is 1. The maximum absolute atomic E-state index is 12.4. The number of H-pyrrole nitrogens is 1. The Kier molecular flexibility index (Phi) is 4.43. The average Bonchev–Trinajstić information content (AvgIpc) is 3.28. The molecule has 1 aliphatic rings. The van der Waals surface area contributed by atoms with Crippen LogP contribution in [-0.4, -0.2) is 31.5 Å². The molecule has 0 saturated heterocycles. The van der Waals surface area contributed by atoms with Crippen molar-refractivity contribution < 1.29 is 9.72 Å². The van der Waals surface area contributed by atoms with E-state index in [0.29, 0.717) is 16.5 Å². The Hall–Kier alpha value is -2.72. The van der Waals surface area contributed by atoms with Crippen LogP contribution >= 0.6 is 23.1 Å². The molecule has 0 unspecified atom stereocenters. The number of benzene rings is 1. The van der Waals surface area contributed by atoms with E-state index in [1.54, 1.807) is 12.1 Å². The van der Waals surface area contributed by atoms with E-state index >= 15 is 0 Å². The van der Waals surface area contributed by atoms with Gasteiger partial charge in [-0.3, -0.25) is 20.2 Å². The van der Waals surface area contributed by atoms with Gasteiger partial charge in [-0.1, -0.05) is 12.1 Å². The first-order valence-electron chi connectivity index (χ1n) is 7.77. The molecule has 26 heavy (non-hydrogen) atoms. The number of imidazole rings is 1. The summed E-state index contributed by atoms with van der Waals surface area (Å²) in [5.41, 5.74) is 1.84. The van der Waals surface area contributed by atoms with Crippen molar-refractivity contribution in [1.29, 1.82) is 0 Å². The summed E-state index contributed by atoms with van der Waals surface area (Å²) in [5, 5.41) is 14.3. The SMILES string of the molecule is O=C(Nc1nc2c(s1)CSCC2)c1cnc(-c2cccc([N+](=O)[O-])c2)[nH]1. The number of carbonyl (C=O) groups excluding carboxylic acids is 1. The van der Waals surface area contributed by atoms with Gasteiger partial charge in [0.15, 0.2) is 5.13 Å². The zero-order chi connectivity index (χ0) is 18.1. The Bertz CT molecular complexity index is 974. The van der Waals surface area contributed by atoms with Gasteiger partial charge >= 0.3 is 0 Å². The number of hydrogen-bond donors (Lipinski definition) is 2. The van der Waals surface area contributed by atoms with Gasteiger partial charge in [0.25, 0.3) is 11.6 Å². The van der Waals surface area contributed by atoms with E-state index < -0.39 is 4.92 Å². The molecule has 3 aromatic rings. The minimum Gasteiger partial charge on any atom is -0.334 e. The van der Waals surface area contributed by atoms with Gasteiger partial charge in [0.1, 0.15) is 11.5 Å². The van der Waals surface area contributed by atoms with E-state index in [1.165, 1.54) is 34.5 Å². The first-order valence-corrected chi connectivity index (χ1v) is 9.75. The molecule has 0 bridgehead atoms. The number of nitrogens with zero attached hydrogens (tertiary/aromatic N) is 3. The van der Waals surface area contributed by atoms with E-state index in [-0.39, 0.29) is 17.3 Å². The van der Waals surface area contributed by atoms with Gasteiger partial charge in [-0.05, 0) is 12.2 Å². The number of nitro benzene ring substituents is 1. The topological polar surface area (TPSA) is 114 Å². The third-order valence-corrected chi connectivity index (χ3v) is 6.05. The molecule has 1 aliphatic heterocycles. The summed E-state index contributed by atoms with van der Waals surface area (Å²) in [6.45, 7) is 0. The van der Waals surface area contributed by atoms with Crippen molar-refractivity contribution in [2.75, 3.05) is 11.1 Å². The fraction of sp³-hybridized carbons (Fsp3) is 0.188. The second-order valence-electron chi connectivity index (χ2n) is 5.60.